The number of aliphatic hydroxyl groups excluding tert-OH is 1. The fourth-order valence-electron chi connectivity index (χ4n) is 2.47. The first-order valence-electron chi connectivity index (χ1n) is 5.75. The number of nitrogens with one attached hydrogen (secondary N) is 1. The number of H-pyrrole nitrogens is 1. The Bertz CT molecular complexity index is 508. The summed E-state index contributed by atoms with van der Waals surface area (Å²) in [6, 6.07) is 0.00613. The van der Waals surface area contributed by atoms with Gasteiger partial charge in [0.2, 0.25) is 0 Å². The van der Waals surface area contributed by atoms with Crippen molar-refractivity contribution < 1.29 is 5.11 Å². The molecule has 6 heteroatoms. The second kappa shape index (κ2) is 5.34. The second-order valence-corrected chi connectivity index (χ2v) is 5.60. The zero-order valence-electron chi connectivity index (χ0n) is 9.36. The Morgan fingerprint density at radius 1 is 1.41 bits per heavy atom. The lowest BCUT2D eigenvalue weighted by molar-refractivity contribution is 0.135. The van der Waals surface area contributed by atoms with Crippen LogP contribution in [0.25, 0.3) is 0 Å². The van der Waals surface area contributed by atoms with E-state index in [-0.39, 0.29) is 29.8 Å². The average Bonchev–Trinajstić information content (AvgIpc) is 2.34. The van der Waals surface area contributed by atoms with Crippen LogP contribution in [0.3, 0.4) is 0 Å². The first-order valence-corrected chi connectivity index (χ1v) is 6.83. The summed E-state index contributed by atoms with van der Waals surface area (Å²) >= 11 is 1.92. The highest BCUT2D eigenvalue weighted by Gasteiger charge is 2.26. The molecule has 5 nitrogen and oxygen atoms in total. The van der Waals surface area contributed by atoms with Crippen LogP contribution in [0.2, 0.25) is 0 Å². The Hall–Kier alpha value is -0.630. The number of halogens is 1. The highest BCUT2D eigenvalue weighted by molar-refractivity contribution is 14.1. The van der Waals surface area contributed by atoms with E-state index in [1.165, 1.54) is 0 Å². The Kier molecular flexibility index (Phi) is 4.03. The number of hydrogen-bond acceptors (Lipinski definition) is 3. The van der Waals surface area contributed by atoms with Gasteiger partial charge in [-0.25, -0.2) is 4.79 Å². The van der Waals surface area contributed by atoms with E-state index in [0.29, 0.717) is 3.57 Å². The highest BCUT2D eigenvalue weighted by Crippen LogP contribution is 2.32. The third-order valence-corrected chi connectivity index (χ3v) is 4.15. The van der Waals surface area contributed by atoms with E-state index in [9.17, 15) is 14.7 Å². The summed E-state index contributed by atoms with van der Waals surface area (Å²) in [6.07, 6.45) is 5.57. The van der Waals surface area contributed by atoms with Crippen LogP contribution in [0.5, 0.6) is 0 Å². The molecule has 0 radical (unpaired) electrons. The molecule has 0 spiro atoms. The van der Waals surface area contributed by atoms with Gasteiger partial charge in [0.15, 0.2) is 0 Å². The zero-order valence-corrected chi connectivity index (χ0v) is 11.5. The smallest absolute Gasteiger partial charge is 0.328 e. The van der Waals surface area contributed by atoms with Gasteiger partial charge in [-0.3, -0.25) is 14.3 Å². The van der Waals surface area contributed by atoms with Crippen LogP contribution in [0, 0.1) is 9.49 Å². The predicted molar refractivity (Wildman–Crippen MR) is 72.1 cm³/mol. The van der Waals surface area contributed by atoms with E-state index in [1.807, 2.05) is 22.6 Å². The van der Waals surface area contributed by atoms with Gasteiger partial charge in [0.1, 0.15) is 0 Å². The SMILES string of the molecule is O=c1[nH]c(=O)n([C@H]2CCCC[C@H]2CO)cc1I. The van der Waals surface area contributed by atoms with Gasteiger partial charge in [0.25, 0.3) is 5.56 Å². The van der Waals surface area contributed by atoms with Crippen LogP contribution in [-0.2, 0) is 0 Å². The Balaban J connectivity index is 2.41. The van der Waals surface area contributed by atoms with E-state index in [2.05, 4.69) is 4.98 Å². The molecule has 1 fully saturated rings. The number of aliphatic hydroxyl groups is 1. The summed E-state index contributed by atoms with van der Waals surface area (Å²) in [6.45, 7) is 0.0901. The van der Waals surface area contributed by atoms with Gasteiger partial charge >= 0.3 is 5.69 Å². The molecule has 17 heavy (non-hydrogen) atoms. The monoisotopic (exact) mass is 350 g/mol. The maximum atomic E-state index is 11.8. The van der Waals surface area contributed by atoms with Crippen molar-refractivity contribution in [1.82, 2.24) is 9.55 Å². The molecule has 0 saturated heterocycles. The summed E-state index contributed by atoms with van der Waals surface area (Å²) in [5.74, 6) is 0.114. The molecule has 0 unspecified atom stereocenters. The van der Waals surface area contributed by atoms with Gasteiger partial charge in [-0.15, -0.1) is 0 Å². The highest BCUT2D eigenvalue weighted by atomic mass is 127. The predicted octanol–water partition coefficient (Wildman–Crippen LogP) is 0.865. The lowest BCUT2D eigenvalue weighted by Crippen LogP contribution is -2.38. The van der Waals surface area contributed by atoms with E-state index in [4.69, 9.17) is 0 Å². The Morgan fingerprint density at radius 2 is 2.12 bits per heavy atom. The molecular weight excluding hydrogens is 335 g/mol. The van der Waals surface area contributed by atoms with Crippen LogP contribution in [0.15, 0.2) is 15.8 Å². The summed E-state index contributed by atoms with van der Waals surface area (Å²) in [5.41, 5.74) is -0.719. The molecule has 0 amide bonds. The summed E-state index contributed by atoms with van der Waals surface area (Å²) in [7, 11) is 0. The molecule has 94 valence electrons. The maximum absolute atomic E-state index is 11.8. The summed E-state index contributed by atoms with van der Waals surface area (Å²) < 4.78 is 2.08. The molecular formula is C11H15IN2O3. The molecule has 2 rings (SSSR count). The van der Waals surface area contributed by atoms with Crippen molar-refractivity contribution in [1.29, 1.82) is 0 Å². The van der Waals surface area contributed by atoms with Crippen molar-refractivity contribution in [3.8, 4) is 0 Å². The normalized spacial score (nSPS) is 24.8. The molecule has 1 aliphatic rings. The molecule has 1 heterocycles. The largest absolute Gasteiger partial charge is 0.396 e. The zero-order chi connectivity index (χ0) is 12.4. The molecule has 1 aromatic heterocycles. The molecule has 0 bridgehead atoms. The van der Waals surface area contributed by atoms with Gasteiger partial charge in [0.05, 0.1) is 3.57 Å². The molecule has 0 aliphatic heterocycles. The molecule has 2 atom stereocenters. The standard InChI is InChI=1S/C11H15IN2O3/c12-8-5-14(11(17)13-10(8)16)9-4-2-1-3-7(9)6-15/h5,7,9,15H,1-4,6H2,(H,13,16,17)/t7-,9-/m0/s1. The molecule has 2 N–H and O–H groups in total. The van der Waals surface area contributed by atoms with Crippen LogP contribution in [0.1, 0.15) is 31.7 Å². The Morgan fingerprint density at radius 3 is 2.82 bits per heavy atom. The minimum atomic E-state index is -0.374. The van der Waals surface area contributed by atoms with Gasteiger partial charge in [-0.2, -0.15) is 0 Å². The number of hydrogen-bond donors (Lipinski definition) is 2. The minimum Gasteiger partial charge on any atom is -0.396 e. The topological polar surface area (TPSA) is 75.1 Å². The van der Waals surface area contributed by atoms with E-state index < -0.39 is 0 Å². The number of aromatic nitrogens is 2. The van der Waals surface area contributed by atoms with Gasteiger partial charge < -0.3 is 5.11 Å². The van der Waals surface area contributed by atoms with E-state index in [1.54, 1.807) is 10.8 Å². The molecule has 1 aliphatic carbocycles. The lowest BCUT2D eigenvalue weighted by atomic mass is 9.85. The van der Waals surface area contributed by atoms with Crippen LogP contribution >= 0.6 is 22.6 Å². The van der Waals surface area contributed by atoms with Crippen molar-refractivity contribution in [3.05, 3.63) is 30.6 Å². The van der Waals surface area contributed by atoms with E-state index >= 15 is 0 Å². The van der Waals surface area contributed by atoms with Crippen molar-refractivity contribution >= 4 is 22.6 Å². The summed E-state index contributed by atoms with van der Waals surface area (Å²) in [5, 5.41) is 9.35. The fourth-order valence-corrected chi connectivity index (χ4v) is 2.91. The number of rotatable bonds is 2. The van der Waals surface area contributed by atoms with Gasteiger partial charge in [-0.1, -0.05) is 12.8 Å². The molecule has 0 aromatic carbocycles. The number of nitrogens with zero attached hydrogens (tertiary/aromatic N) is 1. The minimum absolute atomic E-state index is 0.00613. The average molecular weight is 350 g/mol. The third kappa shape index (κ3) is 2.62. The maximum Gasteiger partial charge on any atom is 0.328 e. The first kappa shape index (κ1) is 12.8. The fraction of sp³-hybridized carbons (Fsp3) is 0.636. The first-order chi connectivity index (χ1) is 8.13. The van der Waals surface area contributed by atoms with Crippen LogP contribution in [0.4, 0.5) is 0 Å². The van der Waals surface area contributed by atoms with Gasteiger partial charge in [-0.05, 0) is 35.4 Å². The second-order valence-electron chi connectivity index (χ2n) is 4.44. The van der Waals surface area contributed by atoms with Crippen molar-refractivity contribution in [2.45, 2.75) is 31.7 Å². The van der Waals surface area contributed by atoms with Gasteiger partial charge in [0, 0.05) is 24.8 Å². The molecule has 1 saturated carbocycles. The Labute approximate surface area is 112 Å². The van der Waals surface area contributed by atoms with Crippen molar-refractivity contribution in [2.75, 3.05) is 6.61 Å². The van der Waals surface area contributed by atoms with Crippen molar-refractivity contribution in [3.63, 3.8) is 0 Å². The third-order valence-electron chi connectivity index (χ3n) is 3.39. The lowest BCUT2D eigenvalue weighted by Gasteiger charge is -2.31. The van der Waals surface area contributed by atoms with Crippen LogP contribution < -0.4 is 11.2 Å². The molecule has 1 aromatic rings. The number of aromatic amines is 1. The van der Waals surface area contributed by atoms with E-state index in [0.717, 1.165) is 25.7 Å². The van der Waals surface area contributed by atoms with Crippen LogP contribution in [-0.4, -0.2) is 21.3 Å². The quantitative estimate of drug-likeness (QED) is 0.778. The van der Waals surface area contributed by atoms with Crippen molar-refractivity contribution in [2.24, 2.45) is 5.92 Å². The summed E-state index contributed by atoms with van der Waals surface area (Å²) in [4.78, 5) is 25.4.